The molecule has 10 atom stereocenters. The summed E-state index contributed by atoms with van der Waals surface area (Å²) in [6, 6.07) is 0.251. The van der Waals surface area contributed by atoms with Crippen LogP contribution in [0.4, 0.5) is 0 Å². The van der Waals surface area contributed by atoms with E-state index in [0.717, 1.165) is 93.5 Å². The molecule has 3 fully saturated rings. The predicted molar refractivity (Wildman–Crippen MR) is 229 cm³/mol. The third-order valence-electron chi connectivity index (χ3n) is 14.1. The van der Waals surface area contributed by atoms with Gasteiger partial charge in [-0.05, 0) is 144 Å². The smallest absolute Gasteiger partial charge is 0.306 e. The van der Waals surface area contributed by atoms with Gasteiger partial charge in [-0.1, -0.05) is 65.5 Å². The van der Waals surface area contributed by atoms with Gasteiger partial charge >= 0.3 is 5.97 Å². The lowest BCUT2D eigenvalue weighted by Crippen LogP contribution is -2.51. The van der Waals surface area contributed by atoms with Gasteiger partial charge in [-0.3, -0.25) is 9.59 Å². The van der Waals surface area contributed by atoms with Crippen LogP contribution < -0.4 is 16.8 Å². The standard InChI is InChI=1S/C43H78N4O3.3ClH/c1-30(2)11-10-12-31(3)37-15-16-38-36-14-13-34-29-35(19-23-42(34,6)39(36)20-24-43(37,38)7)50-41(49)18-17-40(48)47(28-22-33(5)45)27-9-8-25-46-26-21-32(4)44;;;/h13,30-33,35-39,46H,8-12,14-29,44-45H2,1-7H3;3*1H/t31-,32?,33?,35+,36+,37-,38+,39+,42+,43-;;;/m1.../s1. The maximum atomic E-state index is 13.2. The molecule has 0 bridgehead atoms. The molecule has 2 unspecified atom stereocenters. The van der Waals surface area contributed by atoms with E-state index in [9.17, 15) is 9.59 Å². The van der Waals surface area contributed by atoms with Crippen LogP contribution in [0.3, 0.4) is 0 Å². The number of carbonyl (C=O) groups excluding carboxylic acids is 2. The van der Waals surface area contributed by atoms with Gasteiger partial charge in [0.15, 0.2) is 0 Å². The minimum absolute atomic E-state index is 0. The monoisotopic (exact) mass is 807 g/mol. The van der Waals surface area contributed by atoms with Crippen LogP contribution >= 0.6 is 37.2 Å². The zero-order valence-electron chi connectivity index (χ0n) is 34.7. The Balaban J connectivity index is 0.00000468. The fourth-order valence-corrected chi connectivity index (χ4v) is 11.1. The number of ether oxygens (including phenoxy) is 1. The zero-order chi connectivity index (χ0) is 36.5. The third-order valence-corrected chi connectivity index (χ3v) is 14.1. The van der Waals surface area contributed by atoms with Crippen LogP contribution in [0.2, 0.25) is 0 Å². The lowest BCUT2D eigenvalue weighted by atomic mass is 9.47. The summed E-state index contributed by atoms with van der Waals surface area (Å²) < 4.78 is 6.09. The van der Waals surface area contributed by atoms with Gasteiger partial charge in [0.05, 0.1) is 6.42 Å². The first-order valence-electron chi connectivity index (χ1n) is 21.1. The number of hydrogen-bond acceptors (Lipinski definition) is 6. The number of nitrogens with two attached hydrogens (primary N) is 2. The Bertz CT molecular complexity index is 1120. The Labute approximate surface area is 343 Å². The van der Waals surface area contributed by atoms with Crippen LogP contribution in [0.25, 0.3) is 0 Å². The summed E-state index contributed by atoms with van der Waals surface area (Å²) >= 11 is 0. The summed E-state index contributed by atoms with van der Waals surface area (Å²) in [5.41, 5.74) is 14.1. The molecule has 4 rings (SSSR count). The molecule has 7 nitrogen and oxygen atoms in total. The van der Waals surface area contributed by atoms with E-state index in [4.69, 9.17) is 16.2 Å². The topological polar surface area (TPSA) is 111 Å². The summed E-state index contributed by atoms with van der Waals surface area (Å²) in [6.07, 6.45) is 20.4. The first kappa shape index (κ1) is 50.4. The molecule has 3 saturated carbocycles. The highest BCUT2D eigenvalue weighted by atomic mass is 35.5. The van der Waals surface area contributed by atoms with E-state index in [1.807, 2.05) is 18.7 Å². The average Bonchev–Trinajstić information content (AvgIpc) is 3.41. The predicted octanol–water partition coefficient (Wildman–Crippen LogP) is 9.66. The maximum Gasteiger partial charge on any atom is 0.306 e. The molecule has 5 N–H and O–H groups in total. The SMILES string of the molecule is CC(C)CCC[C@@H](C)[C@H]1CC[C@H]2[C@@H]3CC=C4C[C@@H](OC(=O)CCC(=O)N(CCCCNCCC(C)N)CCC(C)N)CC[C@]4(C)[C@H]3CC[C@]12C.Cl.Cl.Cl. The van der Waals surface area contributed by atoms with Gasteiger partial charge in [-0.25, -0.2) is 0 Å². The van der Waals surface area contributed by atoms with Crippen LogP contribution in [0.5, 0.6) is 0 Å². The minimum atomic E-state index is -0.223. The second-order valence-electron chi connectivity index (χ2n) is 18.5. The lowest BCUT2D eigenvalue weighted by molar-refractivity contribution is -0.153. The Morgan fingerprint density at radius 3 is 2.23 bits per heavy atom. The molecule has 0 aromatic heterocycles. The Hall–Kier alpha value is -0.570. The van der Waals surface area contributed by atoms with Crippen molar-refractivity contribution in [3.63, 3.8) is 0 Å². The quantitative estimate of drug-likeness (QED) is 0.0642. The number of rotatable bonds is 20. The second kappa shape index (κ2) is 23.6. The molecule has 10 heteroatoms. The van der Waals surface area contributed by atoms with Crippen molar-refractivity contribution >= 4 is 49.1 Å². The van der Waals surface area contributed by atoms with Crippen LogP contribution in [-0.4, -0.2) is 61.1 Å². The molecular formula is C43H81Cl3N4O3. The number of nitrogens with one attached hydrogen (secondary N) is 1. The van der Waals surface area contributed by atoms with Crippen LogP contribution in [0.15, 0.2) is 11.6 Å². The average molecular weight is 809 g/mol. The number of nitrogens with zero attached hydrogens (tertiary/aromatic N) is 1. The number of esters is 1. The summed E-state index contributed by atoms with van der Waals surface area (Å²) in [7, 11) is 0. The van der Waals surface area contributed by atoms with Crippen molar-refractivity contribution in [3.8, 4) is 0 Å². The fourth-order valence-electron chi connectivity index (χ4n) is 11.1. The highest BCUT2D eigenvalue weighted by molar-refractivity contribution is 5.86. The normalized spacial score (nSPS) is 30.5. The third kappa shape index (κ3) is 13.8. The lowest BCUT2D eigenvalue weighted by Gasteiger charge is -2.58. The van der Waals surface area contributed by atoms with E-state index in [1.54, 1.807) is 5.57 Å². The maximum absolute atomic E-state index is 13.2. The fraction of sp³-hybridized carbons (Fsp3) is 0.907. The molecule has 53 heavy (non-hydrogen) atoms. The van der Waals surface area contributed by atoms with E-state index in [-0.39, 0.29) is 85.5 Å². The van der Waals surface area contributed by atoms with Crippen molar-refractivity contribution in [3.05, 3.63) is 11.6 Å². The van der Waals surface area contributed by atoms with Crippen molar-refractivity contribution in [1.29, 1.82) is 0 Å². The van der Waals surface area contributed by atoms with Gasteiger partial charge in [0.1, 0.15) is 6.10 Å². The molecule has 4 aliphatic rings. The van der Waals surface area contributed by atoms with Crippen molar-refractivity contribution in [1.82, 2.24) is 10.2 Å². The summed E-state index contributed by atoms with van der Waals surface area (Å²) in [4.78, 5) is 28.2. The Morgan fingerprint density at radius 2 is 1.55 bits per heavy atom. The molecule has 312 valence electrons. The molecule has 0 aliphatic heterocycles. The van der Waals surface area contributed by atoms with Crippen molar-refractivity contribution in [2.75, 3.05) is 26.2 Å². The summed E-state index contributed by atoms with van der Waals surface area (Å²) in [6.45, 7) is 19.7. The van der Waals surface area contributed by atoms with Gasteiger partial charge in [0, 0.05) is 38.0 Å². The van der Waals surface area contributed by atoms with Crippen LogP contribution in [0, 0.1) is 46.3 Å². The van der Waals surface area contributed by atoms with Gasteiger partial charge < -0.3 is 26.4 Å². The second-order valence-corrected chi connectivity index (χ2v) is 18.5. The van der Waals surface area contributed by atoms with E-state index in [2.05, 4.69) is 46.0 Å². The summed E-state index contributed by atoms with van der Waals surface area (Å²) in [5, 5.41) is 3.44. The largest absolute Gasteiger partial charge is 0.462 e. The number of fused-ring (bicyclic) bond motifs is 5. The van der Waals surface area contributed by atoms with Gasteiger partial charge in [0.2, 0.25) is 5.91 Å². The molecule has 0 heterocycles. The molecular weight excluding hydrogens is 727 g/mol. The minimum Gasteiger partial charge on any atom is -0.462 e. The summed E-state index contributed by atoms with van der Waals surface area (Å²) in [5.74, 6) is 4.78. The van der Waals surface area contributed by atoms with Crippen molar-refractivity contribution in [2.45, 2.75) is 176 Å². The molecule has 0 saturated heterocycles. The highest BCUT2D eigenvalue weighted by Gasteiger charge is 2.59. The number of halogens is 3. The zero-order valence-corrected chi connectivity index (χ0v) is 37.1. The molecule has 0 radical (unpaired) electrons. The Morgan fingerprint density at radius 1 is 0.830 bits per heavy atom. The number of hydrogen-bond donors (Lipinski definition) is 3. The van der Waals surface area contributed by atoms with Crippen LogP contribution in [0.1, 0.15) is 158 Å². The molecule has 1 amide bonds. The van der Waals surface area contributed by atoms with Gasteiger partial charge in [0.25, 0.3) is 0 Å². The molecule has 0 aromatic rings. The van der Waals surface area contributed by atoms with Crippen molar-refractivity contribution < 1.29 is 14.3 Å². The van der Waals surface area contributed by atoms with Gasteiger partial charge in [-0.15, -0.1) is 37.2 Å². The van der Waals surface area contributed by atoms with Gasteiger partial charge in [-0.2, -0.15) is 0 Å². The number of unbranched alkanes of at least 4 members (excludes halogenated alkanes) is 1. The van der Waals surface area contributed by atoms with E-state index in [1.165, 1.54) is 51.4 Å². The number of amides is 1. The first-order chi connectivity index (χ1) is 23.7. The van der Waals surface area contributed by atoms with E-state index >= 15 is 0 Å². The first-order valence-corrected chi connectivity index (χ1v) is 21.1. The van der Waals surface area contributed by atoms with E-state index < -0.39 is 0 Å². The van der Waals surface area contributed by atoms with E-state index in [0.29, 0.717) is 18.5 Å². The Kier molecular flexibility index (Phi) is 22.5. The number of allylic oxidation sites excluding steroid dienone is 1. The highest BCUT2D eigenvalue weighted by Crippen LogP contribution is 2.67. The molecule has 4 aliphatic carbocycles. The molecule has 0 aromatic carbocycles. The number of carbonyl (C=O) groups is 2. The van der Waals surface area contributed by atoms with Crippen LogP contribution in [-0.2, 0) is 14.3 Å². The molecule has 0 spiro atoms. The van der Waals surface area contributed by atoms with Crippen molar-refractivity contribution in [2.24, 2.45) is 57.8 Å².